The summed E-state index contributed by atoms with van der Waals surface area (Å²) < 4.78 is 5.32. The van der Waals surface area contributed by atoms with E-state index < -0.39 is 5.97 Å². The molecule has 1 atom stereocenters. The van der Waals surface area contributed by atoms with Crippen LogP contribution >= 0.6 is 11.6 Å². The van der Waals surface area contributed by atoms with Gasteiger partial charge in [0.2, 0.25) is 0 Å². The van der Waals surface area contributed by atoms with Crippen LogP contribution in [0, 0.1) is 0 Å². The number of carboxylic acid groups (broad SMARTS) is 1. The van der Waals surface area contributed by atoms with E-state index in [1.807, 2.05) is 6.92 Å². The fourth-order valence-corrected chi connectivity index (χ4v) is 2.07. The molecule has 0 aromatic heterocycles. The number of aromatic carboxylic acids is 1. The third-order valence-electron chi connectivity index (χ3n) is 2.87. The highest BCUT2D eigenvalue weighted by atomic mass is 35.5. The van der Waals surface area contributed by atoms with Gasteiger partial charge in [0.25, 0.3) is 0 Å². The number of carboxylic acids is 1. The van der Waals surface area contributed by atoms with Crippen LogP contribution in [0.1, 0.15) is 23.7 Å². The summed E-state index contributed by atoms with van der Waals surface area (Å²) in [5.41, 5.74) is 0.554. The molecule has 0 spiro atoms. The number of halogens is 1. The van der Waals surface area contributed by atoms with Crippen molar-refractivity contribution in [2.24, 2.45) is 0 Å². The molecule has 92 valence electrons. The summed E-state index contributed by atoms with van der Waals surface area (Å²) in [5.74, 6) is -0.988. The van der Waals surface area contributed by atoms with E-state index in [0.29, 0.717) is 23.9 Å². The number of ether oxygens (including phenoxy) is 1. The highest BCUT2D eigenvalue weighted by Crippen LogP contribution is 2.27. The van der Waals surface area contributed by atoms with E-state index in [-0.39, 0.29) is 11.1 Å². The maximum atomic E-state index is 11.1. The van der Waals surface area contributed by atoms with Crippen molar-refractivity contribution in [1.29, 1.82) is 0 Å². The highest BCUT2D eigenvalue weighted by molar-refractivity contribution is 6.31. The zero-order valence-corrected chi connectivity index (χ0v) is 10.3. The first-order valence-electron chi connectivity index (χ1n) is 5.39. The first kappa shape index (κ1) is 12.2. The molecule has 1 aromatic rings. The van der Waals surface area contributed by atoms with E-state index in [2.05, 4.69) is 5.32 Å². The fourth-order valence-electron chi connectivity index (χ4n) is 1.89. The molecular formula is C12H14ClNO3. The molecule has 2 N–H and O–H groups in total. The Balaban J connectivity index is 2.28. The maximum absolute atomic E-state index is 11.1. The Morgan fingerprint density at radius 3 is 2.94 bits per heavy atom. The molecule has 2 rings (SSSR count). The standard InChI is InChI=1S/C12H14ClNO3/c1-12(4-5-17-7-12)14-10-3-2-8(13)6-9(10)11(15)16/h2-3,6,14H,4-5,7H2,1H3,(H,15,16). The normalized spacial score (nSPS) is 23.6. The smallest absolute Gasteiger partial charge is 0.337 e. The molecule has 1 aliphatic rings. The third kappa shape index (κ3) is 2.70. The van der Waals surface area contributed by atoms with Crippen LogP contribution in [0.5, 0.6) is 0 Å². The predicted molar refractivity (Wildman–Crippen MR) is 65.9 cm³/mol. The molecule has 17 heavy (non-hydrogen) atoms. The molecule has 1 fully saturated rings. The van der Waals surface area contributed by atoms with Gasteiger partial charge in [0.15, 0.2) is 0 Å². The minimum absolute atomic E-state index is 0.186. The second kappa shape index (κ2) is 4.55. The van der Waals surface area contributed by atoms with Gasteiger partial charge in [-0.15, -0.1) is 0 Å². The Morgan fingerprint density at radius 1 is 1.59 bits per heavy atom. The van der Waals surface area contributed by atoms with Crippen molar-refractivity contribution in [2.45, 2.75) is 18.9 Å². The second-order valence-corrected chi connectivity index (χ2v) is 4.92. The lowest BCUT2D eigenvalue weighted by Crippen LogP contribution is -2.35. The average Bonchev–Trinajstić information content (AvgIpc) is 2.67. The molecule has 0 radical (unpaired) electrons. The topological polar surface area (TPSA) is 58.6 Å². The molecule has 0 bridgehead atoms. The van der Waals surface area contributed by atoms with Gasteiger partial charge in [-0.25, -0.2) is 4.79 Å². The Labute approximate surface area is 105 Å². The van der Waals surface area contributed by atoms with Crippen LogP contribution < -0.4 is 5.32 Å². The van der Waals surface area contributed by atoms with Crippen LogP contribution in [0.25, 0.3) is 0 Å². The van der Waals surface area contributed by atoms with E-state index in [4.69, 9.17) is 21.4 Å². The van der Waals surface area contributed by atoms with Crippen molar-refractivity contribution >= 4 is 23.3 Å². The van der Waals surface area contributed by atoms with E-state index in [9.17, 15) is 4.79 Å². The van der Waals surface area contributed by atoms with Gasteiger partial charge in [0.05, 0.1) is 17.7 Å². The Bertz CT molecular complexity index is 441. The molecule has 1 aliphatic heterocycles. The van der Waals surface area contributed by atoms with Crippen LogP contribution in [0.15, 0.2) is 18.2 Å². The molecule has 1 unspecified atom stereocenters. The quantitative estimate of drug-likeness (QED) is 0.872. The number of anilines is 1. The van der Waals surface area contributed by atoms with Crippen LogP contribution in [0.2, 0.25) is 5.02 Å². The van der Waals surface area contributed by atoms with Crippen molar-refractivity contribution in [3.05, 3.63) is 28.8 Å². The first-order chi connectivity index (χ1) is 8.00. The van der Waals surface area contributed by atoms with Gasteiger partial charge < -0.3 is 15.2 Å². The lowest BCUT2D eigenvalue weighted by atomic mass is 10.0. The molecule has 0 amide bonds. The number of benzene rings is 1. The van der Waals surface area contributed by atoms with Gasteiger partial charge in [-0.1, -0.05) is 11.6 Å². The SMILES string of the molecule is CC1(Nc2ccc(Cl)cc2C(=O)O)CCOC1. The van der Waals surface area contributed by atoms with E-state index >= 15 is 0 Å². The Kier molecular flexibility index (Phi) is 3.26. The molecule has 1 heterocycles. The summed E-state index contributed by atoms with van der Waals surface area (Å²) in [5, 5.41) is 12.8. The molecule has 0 saturated carbocycles. The molecular weight excluding hydrogens is 242 g/mol. The van der Waals surface area contributed by atoms with Crippen LogP contribution in [0.3, 0.4) is 0 Å². The summed E-state index contributed by atoms with van der Waals surface area (Å²) in [6.45, 7) is 3.29. The van der Waals surface area contributed by atoms with Crippen molar-refractivity contribution < 1.29 is 14.6 Å². The zero-order valence-electron chi connectivity index (χ0n) is 9.50. The second-order valence-electron chi connectivity index (χ2n) is 4.48. The van der Waals surface area contributed by atoms with Crippen LogP contribution in [-0.2, 0) is 4.74 Å². The van der Waals surface area contributed by atoms with Gasteiger partial charge in [0, 0.05) is 17.3 Å². The van der Waals surface area contributed by atoms with Crippen molar-refractivity contribution in [1.82, 2.24) is 0 Å². The first-order valence-corrected chi connectivity index (χ1v) is 5.77. The van der Waals surface area contributed by atoms with Gasteiger partial charge >= 0.3 is 5.97 Å². The minimum Gasteiger partial charge on any atom is -0.478 e. The van der Waals surface area contributed by atoms with E-state index in [1.165, 1.54) is 6.07 Å². The molecule has 5 heteroatoms. The van der Waals surface area contributed by atoms with Gasteiger partial charge in [-0.3, -0.25) is 0 Å². The highest BCUT2D eigenvalue weighted by Gasteiger charge is 2.30. The molecule has 0 aliphatic carbocycles. The third-order valence-corrected chi connectivity index (χ3v) is 3.10. The van der Waals surface area contributed by atoms with Crippen LogP contribution in [-0.4, -0.2) is 29.8 Å². The number of hydrogen-bond donors (Lipinski definition) is 2. The zero-order chi connectivity index (χ0) is 12.5. The van der Waals surface area contributed by atoms with Gasteiger partial charge in [-0.05, 0) is 31.5 Å². The number of nitrogens with one attached hydrogen (secondary N) is 1. The van der Waals surface area contributed by atoms with Crippen molar-refractivity contribution in [2.75, 3.05) is 18.5 Å². The lowest BCUT2D eigenvalue weighted by Gasteiger charge is -2.26. The van der Waals surface area contributed by atoms with Crippen molar-refractivity contribution in [3.63, 3.8) is 0 Å². The van der Waals surface area contributed by atoms with E-state index in [0.717, 1.165) is 6.42 Å². The van der Waals surface area contributed by atoms with Gasteiger partial charge in [-0.2, -0.15) is 0 Å². The molecule has 4 nitrogen and oxygen atoms in total. The largest absolute Gasteiger partial charge is 0.478 e. The average molecular weight is 256 g/mol. The van der Waals surface area contributed by atoms with Crippen molar-refractivity contribution in [3.8, 4) is 0 Å². The maximum Gasteiger partial charge on any atom is 0.337 e. The summed E-state index contributed by atoms with van der Waals surface area (Å²) in [7, 11) is 0. The van der Waals surface area contributed by atoms with Gasteiger partial charge in [0.1, 0.15) is 0 Å². The number of hydrogen-bond acceptors (Lipinski definition) is 3. The molecule has 1 aromatic carbocycles. The number of carbonyl (C=O) groups is 1. The Morgan fingerprint density at radius 2 is 2.35 bits per heavy atom. The predicted octanol–water partition coefficient (Wildman–Crippen LogP) is 2.63. The monoisotopic (exact) mass is 255 g/mol. The molecule has 1 saturated heterocycles. The fraction of sp³-hybridized carbons (Fsp3) is 0.417. The summed E-state index contributed by atoms with van der Waals surface area (Å²) in [4.78, 5) is 11.1. The lowest BCUT2D eigenvalue weighted by molar-refractivity contribution is 0.0698. The minimum atomic E-state index is -0.988. The Hall–Kier alpha value is -1.26. The summed E-state index contributed by atoms with van der Waals surface area (Å²) >= 11 is 5.80. The van der Waals surface area contributed by atoms with Crippen LogP contribution in [0.4, 0.5) is 5.69 Å². The number of rotatable bonds is 3. The summed E-state index contributed by atoms with van der Waals surface area (Å²) in [6, 6.07) is 4.82. The summed E-state index contributed by atoms with van der Waals surface area (Å²) in [6.07, 6.45) is 0.856. The van der Waals surface area contributed by atoms with E-state index in [1.54, 1.807) is 12.1 Å².